The molecule has 4 nitrogen and oxygen atoms in total. The Morgan fingerprint density at radius 2 is 1.94 bits per heavy atom. The molecule has 1 N–H and O–H groups in total. The summed E-state index contributed by atoms with van der Waals surface area (Å²) in [5.41, 5.74) is 0.875. The van der Waals surface area contributed by atoms with Crippen molar-refractivity contribution in [2.45, 2.75) is 12.8 Å². The van der Waals surface area contributed by atoms with E-state index in [4.69, 9.17) is 23.8 Å². The lowest BCUT2D eigenvalue weighted by Crippen LogP contribution is -2.21. The molecule has 1 aromatic carbocycles. The van der Waals surface area contributed by atoms with E-state index < -0.39 is 0 Å². The number of halogens is 1. The average Bonchev–Trinajstić information content (AvgIpc) is 2.99. The number of aromatic nitrogens is 3. The van der Waals surface area contributed by atoms with E-state index >= 15 is 0 Å². The van der Waals surface area contributed by atoms with Crippen LogP contribution in [-0.2, 0) is 0 Å². The van der Waals surface area contributed by atoms with Crippen molar-refractivity contribution >= 4 is 29.8 Å². The number of nitrogens with one attached hydrogen (secondary N) is 1. The minimum Gasteiger partial charge on any atom is -0.341 e. The summed E-state index contributed by atoms with van der Waals surface area (Å²) in [4.78, 5) is 2.23. The standard InChI is InChI=1S/C12H13ClN4S/c13-9-5-1-2-6-10(9)17-11(14-15-12(17)18)16-7-3-4-8-16/h1-2,5-6H,3-4,7-8H2,(H,15,18). The smallest absolute Gasteiger partial charge is 0.230 e. The van der Waals surface area contributed by atoms with Gasteiger partial charge in [0.25, 0.3) is 0 Å². The highest BCUT2D eigenvalue weighted by Gasteiger charge is 2.20. The third-order valence-electron chi connectivity index (χ3n) is 3.14. The normalized spacial score (nSPS) is 15.3. The molecule has 94 valence electrons. The van der Waals surface area contributed by atoms with Crippen LogP contribution < -0.4 is 4.90 Å². The highest BCUT2D eigenvalue weighted by molar-refractivity contribution is 7.71. The van der Waals surface area contributed by atoms with Gasteiger partial charge in [-0.05, 0) is 37.2 Å². The van der Waals surface area contributed by atoms with Gasteiger partial charge in [0.15, 0.2) is 0 Å². The van der Waals surface area contributed by atoms with E-state index in [0.717, 1.165) is 24.7 Å². The van der Waals surface area contributed by atoms with Gasteiger partial charge in [0.2, 0.25) is 10.7 Å². The molecule has 2 aromatic rings. The van der Waals surface area contributed by atoms with E-state index in [2.05, 4.69) is 15.1 Å². The van der Waals surface area contributed by atoms with Crippen LogP contribution in [0, 0.1) is 4.77 Å². The molecule has 1 aromatic heterocycles. The molecular weight excluding hydrogens is 268 g/mol. The first-order valence-electron chi connectivity index (χ1n) is 5.94. The van der Waals surface area contributed by atoms with Crippen LogP contribution >= 0.6 is 23.8 Å². The molecule has 6 heteroatoms. The van der Waals surface area contributed by atoms with Crippen LogP contribution in [0.2, 0.25) is 5.02 Å². The number of para-hydroxylation sites is 1. The van der Waals surface area contributed by atoms with Crippen LogP contribution in [-0.4, -0.2) is 27.9 Å². The molecule has 0 amide bonds. The molecule has 0 aliphatic carbocycles. The number of hydrogen-bond donors (Lipinski definition) is 1. The van der Waals surface area contributed by atoms with Crippen LogP contribution in [0.5, 0.6) is 0 Å². The Bertz CT molecular complexity index is 613. The van der Waals surface area contributed by atoms with Gasteiger partial charge in [0.1, 0.15) is 0 Å². The second-order valence-corrected chi connectivity index (χ2v) is 5.10. The number of hydrogen-bond acceptors (Lipinski definition) is 3. The third kappa shape index (κ3) is 1.93. The molecule has 0 atom stereocenters. The minimum absolute atomic E-state index is 0.574. The van der Waals surface area contributed by atoms with Crippen LogP contribution in [0.25, 0.3) is 5.69 Å². The molecule has 1 fully saturated rings. The maximum Gasteiger partial charge on any atom is 0.230 e. The molecule has 1 aliphatic heterocycles. The van der Waals surface area contributed by atoms with E-state index in [1.807, 2.05) is 28.8 Å². The van der Waals surface area contributed by atoms with Crippen LogP contribution in [0.3, 0.4) is 0 Å². The van der Waals surface area contributed by atoms with Crippen molar-refractivity contribution in [1.29, 1.82) is 0 Å². The molecular formula is C12H13ClN4S. The van der Waals surface area contributed by atoms with Gasteiger partial charge in [-0.3, -0.25) is 4.57 Å². The van der Waals surface area contributed by atoms with Gasteiger partial charge in [0, 0.05) is 13.1 Å². The molecule has 1 aliphatic rings. The molecule has 0 bridgehead atoms. The molecule has 0 saturated carbocycles. The zero-order valence-electron chi connectivity index (χ0n) is 9.77. The lowest BCUT2D eigenvalue weighted by Gasteiger charge is -2.17. The van der Waals surface area contributed by atoms with Gasteiger partial charge in [-0.15, -0.1) is 5.10 Å². The first kappa shape index (κ1) is 11.7. The summed E-state index contributed by atoms with van der Waals surface area (Å²) in [6, 6.07) is 7.67. The maximum absolute atomic E-state index is 6.24. The van der Waals surface area contributed by atoms with Gasteiger partial charge in [-0.25, -0.2) is 5.10 Å². The fourth-order valence-electron chi connectivity index (χ4n) is 2.27. The summed E-state index contributed by atoms with van der Waals surface area (Å²) in [6.45, 7) is 2.04. The van der Waals surface area contributed by atoms with E-state index in [1.165, 1.54) is 12.8 Å². The fourth-order valence-corrected chi connectivity index (χ4v) is 2.71. The predicted octanol–water partition coefficient (Wildman–Crippen LogP) is 3.18. The summed E-state index contributed by atoms with van der Waals surface area (Å²) in [6.07, 6.45) is 2.39. The molecule has 2 heterocycles. The van der Waals surface area contributed by atoms with Crippen molar-refractivity contribution in [3.05, 3.63) is 34.1 Å². The number of H-pyrrole nitrogens is 1. The Morgan fingerprint density at radius 3 is 2.67 bits per heavy atom. The Balaban J connectivity index is 2.14. The van der Waals surface area contributed by atoms with Crippen molar-refractivity contribution in [1.82, 2.24) is 14.8 Å². The number of nitrogens with zero attached hydrogens (tertiary/aromatic N) is 3. The molecule has 1 saturated heterocycles. The topological polar surface area (TPSA) is 36.9 Å². The Hall–Kier alpha value is -1.33. The zero-order valence-corrected chi connectivity index (χ0v) is 11.3. The molecule has 0 radical (unpaired) electrons. The lowest BCUT2D eigenvalue weighted by molar-refractivity contribution is 0.869. The Labute approximate surface area is 115 Å². The molecule has 3 rings (SSSR count). The minimum atomic E-state index is 0.574. The van der Waals surface area contributed by atoms with Crippen LogP contribution in [0.4, 0.5) is 5.95 Å². The number of anilines is 1. The van der Waals surface area contributed by atoms with E-state index in [9.17, 15) is 0 Å². The first-order valence-corrected chi connectivity index (χ1v) is 6.73. The van der Waals surface area contributed by atoms with Gasteiger partial charge in [-0.1, -0.05) is 23.7 Å². The second kappa shape index (κ2) is 4.74. The number of benzene rings is 1. The fraction of sp³-hybridized carbons (Fsp3) is 0.333. The quantitative estimate of drug-likeness (QED) is 0.859. The van der Waals surface area contributed by atoms with Gasteiger partial charge in [0.05, 0.1) is 10.7 Å². The number of aromatic amines is 1. The molecule has 18 heavy (non-hydrogen) atoms. The molecule has 0 unspecified atom stereocenters. The van der Waals surface area contributed by atoms with Crippen molar-refractivity contribution in [3.63, 3.8) is 0 Å². The van der Waals surface area contributed by atoms with E-state index in [1.54, 1.807) is 0 Å². The van der Waals surface area contributed by atoms with Crippen molar-refractivity contribution in [2.24, 2.45) is 0 Å². The van der Waals surface area contributed by atoms with E-state index in [-0.39, 0.29) is 0 Å². The third-order valence-corrected chi connectivity index (χ3v) is 3.73. The van der Waals surface area contributed by atoms with Crippen LogP contribution in [0.1, 0.15) is 12.8 Å². The highest BCUT2D eigenvalue weighted by atomic mass is 35.5. The summed E-state index contributed by atoms with van der Waals surface area (Å²) in [5, 5.41) is 7.86. The second-order valence-electron chi connectivity index (χ2n) is 4.31. The summed E-state index contributed by atoms with van der Waals surface area (Å²) in [7, 11) is 0. The van der Waals surface area contributed by atoms with Gasteiger partial charge < -0.3 is 4.90 Å². The van der Waals surface area contributed by atoms with Gasteiger partial charge >= 0.3 is 0 Å². The van der Waals surface area contributed by atoms with Gasteiger partial charge in [-0.2, -0.15) is 0 Å². The van der Waals surface area contributed by atoms with E-state index in [0.29, 0.717) is 9.79 Å². The zero-order chi connectivity index (χ0) is 12.5. The summed E-state index contributed by atoms with van der Waals surface area (Å²) >= 11 is 11.5. The van der Waals surface area contributed by atoms with Crippen molar-refractivity contribution in [3.8, 4) is 5.69 Å². The largest absolute Gasteiger partial charge is 0.341 e. The van der Waals surface area contributed by atoms with Crippen LogP contribution in [0.15, 0.2) is 24.3 Å². The SMILES string of the molecule is S=c1[nH]nc(N2CCCC2)n1-c1ccccc1Cl. The molecule has 0 spiro atoms. The highest BCUT2D eigenvalue weighted by Crippen LogP contribution is 2.26. The number of rotatable bonds is 2. The van der Waals surface area contributed by atoms with Crippen molar-refractivity contribution < 1.29 is 0 Å². The maximum atomic E-state index is 6.24. The Kier molecular flexibility index (Phi) is 3.09. The first-order chi connectivity index (χ1) is 8.77. The van der Waals surface area contributed by atoms with Crippen molar-refractivity contribution in [2.75, 3.05) is 18.0 Å². The lowest BCUT2D eigenvalue weighted by atomic mass is 10.3. The summed E-state index contributed by atoms with van der Waals surface area (Å²) in [5.74, 6) is 0.852. The Morgan fingerprint density at radius 1 is 1.22 bits per heavy atom. The average molecular weight is 281 g/mol. The predicted molar refractivity (Wildman–Crippen MR) is 75.2 cm³/mol. The summed E-state index contributed by atoms with van der Waals surface area (Å²) < 4.78 is 2.48. The monoisotopic (exact) mass is 280 g/mol.